The van der Waals surface area contributed by atoms with Crippen LogP contribution in [0.2, 0.25) is 5.02 Å². The van der Waals surface area contributed by atoms with Crippen LogP contribution in [0.3, 0.4) is 0 Å². The fraction of sp³-hybridized carbons (Fsp3) is 0.381. The summed E-state index contributed by atoms with van der Waals surface area (Å²) >= 11 is 6.24. The zero-order valence-corrected chi connectivity index (χ0v) is 16.8. The van der Waals surface area contributed by atoms with E-state index in [0.717, 1.165) is 29.3 Å². The number of benzene rings is 1. The lowest BCUT2D eigenvalue weighted by Gasteiger charge is -2.42. The van der Waals surface area contributed by atoms with E-state index >= 15 is 0 Å². The highest BCUT2D eigenvalue weighted by Crippen LogP contribution is 2.51. The number of piperidine rings is 1. The fourth-order valence-electron chi connectivity index (χ4n) is 4.87. The van der Waals surface area contributed by atoms with Crippen molar-refractivity contribution >= 4 is 34.2 Å². The molecule has 2 amide bonds. The minimum Gasteiger partial charge on any atom is -0.386 e. The normalized spacial score (nSPS) is 24.2. The van der Waals surface area contributed by atoms with Crippen LogP contribution in [0.4, 0.5) is 10.5 Å². The van der Waals surface area contributed by atoms with Crippen LogP contribution in [0.25, 0.3) is 10.9 Å². The van der Waals surface area contributed by atoms with Crippen LogP contribution in [-0.2, 0) is 5.54 Å². The first-order valence-corrected chi connectivity index (χ1v) is 10.2. The second-order valence-electron chi connectivity index (χ2n) is 8.05. The number of rotatable bonds is 2. The molecule has 2 N–H and O–H groups in total. The zero-order valence-electron chi connectivity index (χ0n) is 16.0. The maximum absolute atomic E-state index is 12.6. The summed E-state index contributed by atoms with van der Waals surface area (Å²) in [6.07, 6.45) is 6.02. The van der Waals surface area contributed by atoms with Crippen molar-refractivity contribution in [2.45, 2.75) is 31.4 Å². The Hall–Kier alpha value is -2.64. The van der Waals surface area contributed by atoms with Gasteiger partial charge in [0.25, 0.3) is 0 Å². The van der Waals surface area contributed by atoms with Gasteiger partial charge in [0.1, 0.15) is 6.10 Å². The predicted molar refractivity (Wildman–Crippen MR) is 111 cm³/mol. The summed E-state index contributed by atoms with van der Waals surface area (Å²) in [5.74, 6) is 0.189. The van der Waals surface area contributed by atoms with Crippen LogP contribution < -0.4 is 5.32 Å². The average molecular weight is 412 g/mol. The highest BCUT2D eigenvalue weighted by Gasteiger charge is 2.50. The molecule has 1 fully saturated rings. The highest BCUT2D eigenvalue weighted by atomic mass is 35.5. The molecule has 1 unspecified atom stereocenters. The lowest BCUT2D eigenvalue weighted by atomic mass is 9.75. The van der Waals surface area contributed by atoms with Crippen molar-refractivity contribution in [3.63, 3.8) is 0 Å². The van der Waals surface area contributed by atoms with Crippen LogP contribution in [0.1, 0.15) is 31.4 Å². The SMILES string of the molecule is CC1(C2CCN(C(=O)Nc3cccnc3)CC2)[C@H](O)c2cc(Cl)cc3cnn1c23. The molecule has 150 valence electrons. The molecule has 1 saturated heterocycles. The summed E-state index contributed by atoms with van der Waals surface area (Å²) in [6, 6.07) is 7.21. The van der Waals surface area contributed by atoms with E-state index in [1.807, 2.05) is 34.0 Å². The minimum absolute atomic E-state index is 0.120. The molecule has 3 aromatic rings. The number of nitrogens with zero attached hydrogens (tertiary/aromatic N) is 4. The number of urea groups is 1. The molecule has 2 aliphatic heterocycles. The van der Waals surface area contributed by atoms with Gasteiger partial charge in [0, 0.05) is 35.3 Å². The van der Waals surface area contributed by atoms with E-state index in [2.05, 4.69) is 22.3 Å². The Labute approximate surface area is 173 Å². The largest absolute Gasteiger partial charge is 0.386 e. The third-order valence-corrected chi connectivity index (χ3v) is 6.70. The van der Waals surface area contributed by atoms with Crippen LogP contribution in [0, 0.1) is 5.92 Å². The Morgan fingerprint density at radius 2 is 2.10 bits per heavy atom. The van der Waals surface area contributed by atoms with E-state index in [1.54, 1.807) is 18.5 Å². The van der Waals surface area contributed by atoms with Gasteiger partial charge < -0.3 is 15.3 Å². The van der Waals surface area contributed by atoms with E-state index in [9.17, 15) is 9.90 Å². The summed E-state index contributed by atoms with van der Waals surface area (Å²) < 4.78 is 1.97. The van der Waals surface area contributed by atoms with Crippen LogP contribution in [0.5, 0.6) is 0 Å². The lowest BCUT2D eigenvalue weighted by molar-refractivity contribution is -0.0111. The minimum atomic E-state index is -0.673. The smallest absolute Gasteiger partial charge is 0.321 e. The first-order valence-electron chi connectivity index (χ1n) is 9.80. The van der Waals surface area contributed by atoms with Gasteiger partial charge in [0.2, 0.25) is 0 Å². The van der Waals surface area contributed by atoms with Gasteiger partial charge in [-0.2, -0.15) is 5.10 Å². The van der Waals surface area contributed by atoms with Gasteiger partial charge in [-0.25, -0.2) is 4.79 Å². The number of aromatic nitrogens is 3. The number of hydrogen-bond acceptors (Lipinski definition) is 4. The number of anilines is 1. The molecule has 0 aliphatic carbocycles. The topological polar surface area (TPSA) is 83.3 Å². The number of halogens is 1. The molecule has 1 aromatic carbocycles. The van der Waals surface area contributed by atoms with Crippen molar-refractivity contribution in [3.05, 3.63) is 53.4 Å². The Morgan fingerprint density at radius 3 is 2.83 bits per heavy atom. The number of amides is 2. The van der Waals surface area contributed by atoms with Gasteiger partial charge in [-0.15, -0.1) is 0 Å². The first-order chi connectivity index (χ1) is 14.0. The quantitative estimate of drug-likeness (QED) is 0.672. The Bertz CT molecular complexity index is 1080. The molecule has 29 heavy (non-hydrogen) atoms. The van der Waals surface area contributed by atoms with Crippen LogP contribution >= 0.6 is 11.6 Å². The molecule has 4 heterocycles. The molecule has 2 atom stereocenters. The molecule has 0 bridgehead atoms. The second-order valence-corrected chi connectivity index (χ2v) is 8.49. The third-order valence-electron chi connectivity index (χ3n) is 6.48. The molecule has 0 saturated carbocycles. The van der Waals surface area contributed by atoms with Gasteiger partial charge in [0.05, 0.1) is 29.1 Å². The summed E-state index contributed by atoms with van der Waals surface area (Å²) in [4.78, 5) is 18.4. The molecule has 8 heteroatoms. The Balaban J connectivity index is 1.34. The van der Waals surface area contributed by atoms with Crippen molar-refractivity contribution in [1.29, 1.82) is 0 Å². The lowest BCUT2D eigenvalue weighted by Crippen LogP contribution is -2.49. The number of carbonyl (C=O) groups is 1. The third kappa shape index (κ3) is 2.80. The number of carbonyl (C=O) groups excluding carboxylic acids is 1. The van der Waals surface area contributed by atoms with Gasteiger partial charge in [-0.05, 0) is 49.9 Å². The summed E-state index contributed by atoms with van der Waals surface area (Å²) in [7, 11) is 0. The van der Waals surface area contributed by atoms with Crippen molar-refractivity contribution in [3.8, 4) is 0 Å². The van der Waals surface area contributed by atoms with Gasteiger partial charge in [-0.1, -0.05) is 11.6 Å². The Kier molecular flexibility index (Phi) is 4.26. The van der Waals surface area contributed by atoms with Gasteiger partial charge in [-0.3, -0.25) is 9.67 Å². The van der Waals surface area contributed by atoms with E-state index in [-0.39, 0.29) is 11.9 Å². The predicted octanol–water partition coefficient (Wildman–Crippen LogP) is 3.79. The molecular weight excluding hydrogens is 390 g/mol. The summed E-state index contributed by atoms with van der Waals surface area (Å²) in [6.45, 7) is 3.31. The molecule has 7 nitrogen and oxygen atoms in total. The van der Waals surface area contributed by atoms with E-state index < -0.39 is 11.6 Å². The van der Waals surface area contributed by atoms with Crippen molar-refractivity contribution in [2.75, 3.05) is 18.4 Å². The monoisotopic (exact) mass is 411 g/mol. The highest BCUT2D eigenvalue weighted by molar-refractivity contribution is 6.31. The number of hydrogen-bond donors (Lipinski definition) is 2. The van der Waals surface area contributed by atoms with Gasteiger partial charge in [0.15, 0.2) is 0 Å². The average Bonchev–Trinajstić information content (AvgIpc) is 3.25. The van der Waals surface area contributed by atoms with Crippen molar-refractivity contribution in [1.82, 2.24) is 19.7 Å². The number of aliphatic hydroxyl groups excluding tert-OH is 1. The molecule has 2 aliphatic rings. The fourth-order valence-corrected chi connectivity index (χ4v) is 5.10. The summed E-state index contributed by atoms with van der Waals surface area (Å²) in [5, 5.41) is 20.2. The number of nitrogens with one attached hydrogen (secondary N) is 1. The second kappa shape index (κ2) is 6.71. The molecule has 0 spiro atoms. The molecule has 0 radical (unpaired) electrons. The summed E-state index contributed by atoms with van der Waals surface area (Å²) in [5.41, 5.74) is 1.93. The van der Waals surface area contributed by atoms with Crippen LogP contribution in [-0.4, -0.2) is 43.9 Å². The van der Waals surface area contributed by atoms with E-state index in [1.165, 1.54) is 0 Å². The first kappa shape index (κ1) is 18.4. The van der Waals surface area contributed by atoms with Gasteiger partial charge >= 0.3 is 6.03 Å². The maximum atomic E-state index is 12.6. The zero-order chi connectivity index (χ0) is 20.2. The van der Waals surface area contributed by atoms with E-state index in [4.69, 9.17) is 11.6 Å². The number of aliphatic hydroxyl groups is 1. The van der Waals surface area contributed by atoms with Crippen molar-refractivity contribution < 1.29 is 9.90 Å². The number of likely N-dealkylation sites (tertiary alicyclic amines) is 1. The maximum Gasteiger partial charge on any atom is 0.321 e. The molecular formula is C21H22ClN5O2. The van der Waals surface area contributed by atoms with E-state index in [0.29, 0.717) is 23.8 Å². The molecule has 5 rings (SSSR count). The Morgan fingerprint density at radius 1 is 1.31 bits per heavy atom. The standard InChI is InChI=1S/C21H22ClN5O2/c1-21(19(28)17-10-15(22)9-13-11-24-27(21)18(13)17)14-4-7-26(8-5-14)20(29)25-16-3-2-6-23-12-16/h2-3,6,9-12,14,19,28H,4-5,7-8H2,1H3,(H,25,29)/t19-,21?/m1/s1. The molecule has 2 aromatic heterocycles. The van der Waals surface area contributed by atoms with Crippen LogP contribution in [0.15, 0.2) is 42.9 Å². The van der Waals surface area contributed by atoms with Crippen molar-refractivity contribution in [2.24, 2.45) is 5.92 Å². The number of pyridine rings is 1.